The number of carbonyl (C=O) groups excluding carboxylic acids is 1. The van der Waals surface area contributed by atoms with Crippen LogP contribution in [0.5, 0.6) is 0 Å². The number of fused-ring (bicyclic) bond motifs is 1. The van der Waals surface area contributed by atoms with E-state index in [9.17, 15) is 18.0 Å². The first-order valence-electron chi connectivity index (χ1n) is 13.3. The molecular formula is C32H30F3N5O. The van der Waals surface area contributed by atoms with Crippen molar-refractivity contribution in [1.29, 1.82) is 0 Å². The summed E-state index contributed by atoms with van der Waals surface area (Å²) in [6.45, 7) is 5.09. The SMILES string of the molecule is Cc1ccc(C(=O)Nc2ccc(CN3CCN(C)CC3)c(C(F)(F)F)c2)cc1C#Cc1c(N)ncc2ccccc12. The van der Waals surface area contributed by atoms with Gasteiger partial charge < -0.3 is 16.0 Å². The number of aryl methyl sites for hydroxylation is 1. The third-order valence-corrected chi connectivity index (χ3v) is 7.31. The lowest BCUT2D eigenvalue weighted by atomic mass is 10.0. The van der Waals surface area contributed by atoms with Crippen molar-refractivity contribution in [1.82, 2.24) is 14.8 Å². The van der Waals surface area contributed by atoms with Crippen LogP contribution in [-0.4, -0.2) is 53.9 Å². The average molecular weight is 558 g/mol. The number of nitrogens with two attached hydrogens (primary N) is 1. The lowest BCUT2D eigenvalue weighted by molar-refractivity contribution is -0.138. The summed E-state index contributed by atoms with van der Waals surface area (Å²) in [5.41, 5.74) is 7.93. The summed E-state index contributed by atoms with van der Waals surface area (Å²) < 4.78 is 42.0. The molecule has 4 aromatic rings. The van der Waals surface area contributed by atoms with Crippen LogP contribution in [0, 0.1) is 18.8 Å². The summed E-state index contributed by atoms with van der Waals surface area (Å²) in [4.78, 5) is 21.5. The summed E-state index contributed by atoms with van der Waals surface area (Å²) >= 11 is 0. The maximum Gasteiger partial charge on any atom is 0.416 e. The molecular weight excluding hydrogens is 527 g/mol. The molecule has 3 N–H and O–H groups in total. The van der Waals surface area contributed by atoms with E-state index in [1.54, 1.807) is 24.4 Å². The highest BCUT2D eigenvalue weighted by molar-refractivity contribution is 6.04. The molecule has 1 aliphatic heterocycles. The average Bonchev–Trinajstić information content (AvgIpc) is 2.94. The largest absolute Gasteiger partial charge is 0.416 e. The molecule has 0 atom stereocenters. The van der Waals surface area contributed by atoms with Crippen molar-refractivity contribution < 1.29 is 18.0 Å². The first-order chi connectivity index (χ1) is 19.6. The van der Waals surface area contributed by atoms with E-state index in [2.05, 4.69) is 27.0 Å². The zero-order valence-electron chi connectivity index (χ0n) is 22.8. The van der Waals surface area contributed by atoms with Crippen LogP contribution in [0.25, 0.3) is 10.8 Å². The normalized spacial score (nSPS) is 14.5. The molecule has 0 unspecified atom stereocenters. The predicted molar refractivity (Wildman–Crippen MR) is 155 cm³/mol. The Kier molecular flexibility index (Phi) is 7.97. The van der Waals surface area contributed by atoms with Gasteiger partial charge in [-0.2, -0.15) is 13.2 Å². The second-order valence-electron chi connectivity index (χ2n) is 10.3. The van der Waals surface area contributed by atoms with Crippen molar-refractivity contribution in [2.45, 2.75) is 19.6 Å². The molecule has 1 amide bonds. The smallest absolute Gasteiger partial charge is 0.383 e. The number of hydrogen-bond acceptors (Lipinski definition) is 5. The minimum absolute atomic E-state index is 0.0762. The summed E-state index contributed by atoms with van der Waals surface area (Å²) in [5.74, 6) is 5.96. The Morgan fingerprint density at radius 3 is 2.54 bits per heavy atom. The van der Waals surface area contributed by atoms with Gasteiger partial charge in [-0.15, -0.1) is 0 Å². The number of rotatable bonds is 4. The molecule has 41 heavy (non-hydrogen) atoms. The summed E-state index contributed by atoms with van der Waals surface area (Å²) in [6.07, 6.45) is -2.86. The van der Waals surface area contributed by atoms with E-state index >= 15 is 0 Å². The Balaban J connectivity index is 1.38. The molecule has 0 aliphatic carbocycles. The highest BCUT2D eigenvalue weighted by Gasteiger charge is 2.34. The van der Waals surface area contributed by atoms with E-state index in [1.807, 2.05) is 43.1 Å². The topological polar surface area (TPSA) is 74.5 Å². The Morgan fingerprint density at radius 2 is 1.78 bits per heavy atom. The van der Waals surface area contributed by atoms with Crippen LogP contribution in [0.2, 0.25) is 0 Å². The maximum atomic E-state index is 14.0. The highest BCUT2D eigenvalue weighted by atomic mass is 19.4. The van der Waals surface area contributed by atoms with Gasteiger partial charge in [0.15, 0.2) is 0 Å². The van der Waals surface area contributed by atoms with Gasteiger partial charge >= 0.3 is 6.18 Å². The van der Waals surface area contributed by atoms with E-state index in [0.717, 1.165) is 35.5 Å². The first-order valence-corrected chi connectivity index (χ1v) is 13.3. The number of nitrogens with zero attached hydrogens (tertiary/aromatic N) is 3. The van der Waals surface area contributed by atoms with Crippen LogP contribution in [0.15, 0.2) is 66.9 Å². The van der Waals surface area contributed by atoms with E-state index < -0.39 is 17.6 Å². The molecule has 3 aromatic carbocycles. The third-order valence-electron chi connectivity index (χ3n) is 7.31. The fourth-order valence-corrected chi connectivity index (χ4v) is 4.84. The number of carbonyl (C=O) groups is 1. The van der Waals surface area contributed by atoms with Crippen LogP contribution in [0.1, 0.15) is 38.2 Å². The van der Waals surface area contributed by atoms with E-state index in [0.29, 0.717) is 30.0 Å². The number of benzene rings is 3. The summed E-state index contributed by atoms with van der Waals surface area (Å²) in [6, 6.07) is 16.6. The van der Waals surface area contributed by atoms with Gasteiger partial charge in [-0.1, -0.05) is 48.2 Å². The monoisotopic (exact) mass is 557 g/mol. The van der Waals surface area contributed by atoms with Gasteiger partial charge in [-0.3, -0.25) is 9.69 Å². The Morgan fingerprint density at radius 1 is 1.02 bits per heavy atom. The Bertz CT molecular complexity index is 1660. The van der Waals surface area contributed by atoms with Crippen molar-refractivity contribution in [3.63, 3.8) is 0 Å². The second kappa shape index (κ2) is 11.6. The van der Waals surface area contributed by atoms with Crippen molar-refractivity contribution in [2.75, 3.05) is 44.3 Å². The molecule has 0 saturated carbocycles. The van der Waals surface area contributed by atoms with Crippen molar-refractivity contribution in [3.05, 3.63) is 100 Å². The van der Waals surface area contributed by atoms with Crippen LogP contribution < -0.4 is 11.1 Å². The first kappa shape index (κ1) is 28.1. The lowest BCUT2D eigenvalue weighted by Crippen LogP contribution is -2.44. The molecule has 1 fully saturated rings. The third kappa shape index (κ3) is 6.51. The molecule has 210 valence electrons. The van der Waals surface area contributed by atoms with Gasteiger partial charge in [-0.05, 0) is 49.4 Å². The predicted octanol–water partition coefficient (Wildman–Crippen LogP) is 5.54. The van der Waals surface area contributed by atoms with Crippen molar-refractivity contribution >= 4 is 28.2 Å². The minimum atomic E-state index is -4.55. The van der Waals surface area contributed by atoms with Crippen LogP contribution in [0.3, 0.4) is 0 Å². The summed E-state index contributed by atoms with van der Waals surface area (Å²) in [7, 11) is 2.00. The quantitative estimate of drug-likeness (QED) is 0.322. The summed E-state index contributed by atoms with van der Waals surface area (Å²) in [5, 5.41) is 4.40. The molecule has 1 aromatic heterocycles. The molecule has 5 rings (SSSR count). The fourth-order valence-electron chi connectivity index (χ4n) is 4.84. The van der Waals surface area contributed by atoms with Gasteiger partial charge in [-0.25, -0.2) is 4.98 Å². The number of aromatic nitrogens is 1. The van der Waals surface area contributed by atoms with Gasteiger partial charge in [0.05, 0.1) is 11.1 Å². The molecule has 1 saturated heterocycles. The van der Waals surface area contributed by atoms with E-state index in [-0.39, 0.29) is 23.4 Å². The van der Waals surface area contributed by atoms with E-state index in [1.165, 1.54) is 12.1 Å². The lowest BCUT2D eigenvalue weighted by Gasteiger charge is -2.33. The Hall–Kier alpha value is -4.39. The van der Waals surface area contributed by atoms with Gasteiger partial charge in [0.25, 0.3) is 5.91 Å². The molecule has 1 aliphatic rings. The number of hydrogen-bond donors (Lipinski definition) is 2. The van der Waals surface area contributed by atoms with Crippen molar-refractivity contribution in [3.8, 4) is 11.8 Å². The molecule has 0 radical (unpaired) electrons. The van der Waals surface area contributed by atoms with Gasteiger partial charge in [0, 0.05) is 66.5 Å². The van der Waals surface area contributed by atoms with E-state index in [4.69, 9.17) is 5.73 Å². The molecule has 0 bridgehead atoms. The number of halogens is 3. The highest BCUT2D eigenvalue weighted by Crippen LogP contribution is 2.35. The van der Waals surface area contributed by atoms with Crippen LogP contribution >= 0.6 is 0 Å². The number of nitrogen functional groups attached to an aromatic ring is 1. The second-order valence-corrected chi connectivity index (χ2v) is 10.3. The fraction of sp³-hybridized carbons (Fsp3) is 0.250. The molecule has 6 nitrogen and oxygen atoms in total. The zero-order valence-corrected chi connectivity index (χ0v) is 22.8. The van der Waals surface area contributed by atoms with Gasteiger partial charge in [0.2, 0.25) is 0 Å². The van der Waals surface area contributed by atoms with Crippen molar-refractivity contribution in [2.24, 2.45) is 0 Å². The molecule has 2 heterocycles. The zero-order chi connectivity index (χ0) is 29.1. The Labute approximate surface area is 237 Å². The number of anilines is 2. The number of pyridine rings is 1. The maximum absolute atomic E-state index is 14.0. The standard InChI is InChI=1S/C32H30F3N5O/c1-21-7-8-23(17-22(21)10-12-28-27-6-4-3-5-24(27)19-37-30(28)36)31(41)38-26-11-9-25(29(18-26)32(33,34)35)20-40-15-13-39(2)14-16-40/h3-9,11,17-19H,13-16,20H2,1-2H3,(H2,36,37)(H,38,41). The van der Waals surface area contributed by atoms with Crippen LogP contribution in [-0.2, 0) is 12.7 Å². The molecule has 0 spiro atoms. The van der Waals surface area contributed by atoms with Gasteiger partial charge in [0.1, 0.15) is 5.82 Å². The number of likely N-dealkylation sites (N-methyl/N-ethyl adjacent to an activating group) is 1. The number of piperazine rings is 1. The number of alkyl halides is 3. The number of amides is 1. The molecule has 9 heteroatoms. The number of nitrogens with one attached hydrogen (secondary N) is 1. The van der Waals surface area contributed by atoms with Crippen LogP contribution in [0.4, 0.5) is 24.7 Å². The minimum Gasteiger partial charge on any atom is -0.383 e.